The molecule has 6 aromatic carbocycles. The van der Waals surface area contributed by atoms with Crippen molar-refractivity contribution >= 4 is 90.6 Å². The van der Waals surface area contributed by atoms with Crippen molar-refractivity contribution in [3.05, 3.63) is 109 Å². The molecule has 0 unspecified atom stereocenters. The summed E-state index contributed by atoms with van der Waals surface area (Å²) in [7, 11) is -17.5. The van der Waals surface area contributed by atoms with E-state index in [-0.39, 0.29) is 54.1 Å². The van der Waals surface area contributed by atoms with Crippen molar-refractivity contribution in [1.82, 2.24) is 0 Å². The van der Waals surface area contributed by atoms with Crippen molar-refractivity contribution in [1.29, 1.82) is 0 Å². The van der Waals surface area contributed by atoms with Gasteiger partial charge in [-0.15, -0.1) is 0 Å². The summed E-state index contributed by atoms with van der Waals surface area (Å²) < 4.78 is 121. The van der Waals surface area contributed by atoms with E-state index in [9.17, 15) is 57.8 Å². The number of hydrogen-bond donors (Lipinski definition) is 8. The second-order valence-corrected chi connectivity index (χ2v) is 17.8. The van der Waals surface area contributed by atoms with Gasteiger partial charge in [-0.25, -0.2) is 21.6 Å². The van der Waals surface area contributed by atoms with Crippen LogP contribution in [-0.2, 0) is 40.3 Å². The third-order valence-corrected chi connectivity index (χ3v) is 12.2. The molecule has 0 radical (unpaired) electrons. The molecule has 0 fully saturated rings. The van der Waals surface area contributed by atoms with E-state index in [1.54, 1.807) is 0 Å². The molecular weight excluding hydrogens is 789 g/mol. The summed E-state index contributed by atoms with van der Waals surface area (Å²) >= 11 is 0. The third kappa shape index (κ3) is 8.30. The molecule has 0 aliphatic carbocycles. The van der Waals surface area contributed by atoms with Crippen LogP contribution in [0.2, 0.25) is 0 Å². The highest BCUT2D eigenvalue weighted by molar-refractivity contribution is 7.93. The van der Waals surface area contributed by atoms with E-state index in [1.165, 1.54) is 84.9 Å². The van der Waals surface area contributed by atoms with Gasteiger partial charge in [-0.05, 0) is 95.7 Å². The van der Waals surface area contributed by atoms with E-state index >= 15 is 0 Å². The minimum Gasteiger partial charge on any atom is -0.507 e. The van der Waals surface area contributed by atoms with Crippen molar-refractivity contribution in [2.24, 2.45) is 0 Å². The van der Waals surface area contributed by atoms with Crippen LogP contribution >= 0.6 is 0 Å². The van der Waals surface area contributed by atoms with Crippen molar-refractivity contribution in [2.75, 3.05) is 20.1 Å². The third-order valence-electron chi connectivity index (χ3n) is 7.76. The fourth-order valence-electron chi connectivity index (χ4n) is 5.20. The minimum absolute atomic E-state index is 0.0432. The standard InChI is InChI=1S/C33H26N4O13S4/c38-31-17-27(53(45,46)47)13-19-1-3-23(15-29(19)31)36-51(41,42)25-9-5-21(6-10-25)34-33(40)35-22-7-11-26(12-8-22)52(43,44)37-24-4-2-20-14-28(54(48,49)50)18-32(39)30(20)16-24/h1-18,36-39H,(H2,34,35,40)(H,45,46,47)(H,48,49,50). The molecule has 0 spiro atoms. The van der Waals surface area contributed by atoms with E-state index < -0.39 is 67.6 Å². The lowest BCUT2D eigenvalue weighted by Gasteiger charge is -2.12. The number of rotatable bonds is 10. The van der Waals surface area contributed by atoms with Gasteiger partial charge in [0.15, 0.2) is 0 Å². The van der Waals surface area contributed by atoms with Crippen LogP contribution in [0.25, 0.3) is 21.5 Å². The molecular formula is C33H26N4O13S4. The van der Waals surface area contributed by atoms with Crippen LogP contribution in [-0.4, -0.2) is 59.0 Å². The van der Waals surface area contributed by atoms with Gasteiger partial charge in [-0.3, -0.25) is 18.5 Å². The van der Waals surface area contributed by atoms with Gasteiger partial charge in [0, 0.05) is 45.7 Å². The highest BCUT2D eigenvalue weighted by Gasteiger charge is 2.19. The highest BCUT2D eigenvalue weighted by Crippen LogP contribution is 2.33. The topological polar surface area (TPSA) is 283 Å². The van der Waals surface area contributed by atoms with Crippen molar-refractivity contribution in [3.8, 4) is 11.5 Å². The van der Waals surface area contributed by atoms with Crippen LogP contribution in [0.3, 0.4) is 0 Å². The van der Waals surface area contributed by atoms with Gasteiger partial charge in [0.05, 0.1) is 19.6 Å². The number of carbonyl (C=O) groups is 1. The van der Waals surface area contributed by atoms with E-state index in [2.05, 4.69) is 20.1 Å². The summed E-state index contributed by atoms with van der Waals surface area (Å²) in [5.41, 5.74) is 0.495. The molecule has 0 bridgehead atoms. The number of aromatic hydroxyl groups is 2. The average molecular weight is 815 g/mol. The first kappa shape index (κ1) is 37.8. The fraction of sp³-hybridized carbons (Fsp3) is 0. The maximum absolute atomic E-state index is 13.0. The van der Waals surface area contributed by atoms with Crippen molar-refractivity contribution < 1.29 is 57.8 Å². The summed E-state index contributed by atoms with van der Waals surface area (Å²) in [6, 6.07) is 21.2. The average Bonchev–Trinajstić information content (AvgIpc) is 3.08. The molecule has 2 amide bonds. The Morgan fingerprint density at radius 3 is 1.09 bits per heavy atom. The van der Waals surface area contributed by atoms with Crippen LogP contribution < -0.4 is 20.1 Å². The number of hydrogen-bond acceptors (Lipinski definition) is 11. The summed E-state index contributed by atoms with van der Waals surface area (Å²) in [5.74, 6) is -1.01. The van der Waals surface area contributed by atoms with Gasteiger partial charge in [0.25, 0.3) is 40.3 Å². The van der Waals surface area contributed by atoms with Gasteiger partial charge < -0.3 is 20.8 Å². The number of carbonyl (C=O) groups excluding carboxylic acids is 1. The zero-order chi connectivity index (χ0) is 39.2. The van der Waals surface area contributed by atoms with Crippen LogP contribution in [0.5, 0.6) is 11.5 Å². The van der Waals surface area contributed by atoms with E-state index in [4.69, 9.17) is 0 Å². The van der Waals surface area contributed by atoms with Gasteiger partial charge >= 0.3 is 6.03 Å². The van der Waals surface area contributed by atoms with E-state index in [0.717, 1.165) is 24.3 Å². The largest absolute Gasteiger partial charge is 0.507 e. The second-order valence-electron chi connectivity index (χ2n) is 11.5. The Kier molecular flexibility index (Phi) is 9.64. The molecule has 0 aliphatic rings. The molecule has 0 aliphatic heterocycles. The van der Waals surface area contributed by atoms with Crippen LogP contribution in [0.15, 0.2) is 129 Å². The predicted octanol–water partition coefficient (Wildman–Crippen LogP) is 5.14. The molecule has 0 aromatic heterocycles. The predicted molar refractivity (Wildman–Crippen MR) is 198 cm³/mol. The molecule has 21 heteroatoms. The van der Waals surface area contributed by atoms with Gasteiger partial charge in [0.1, 0.15) is 11.5 Å². The number of sulfonamides is 2. The summed E-state index contributed by atoms with van der Waals surface area (Å²) in [6.07, 6.45) is 0. The lowest BCUT2D eigenvalue weighted by Crippen LogP contribution is -2.20. The molecule has 280 valence electrons. The molecule has 17 nitrogen and oxygen atoms in total. The fourth-order valence-corrected chi connectivity index (χ4v) is 8.38. The first-order chi connectivity index (χ1) is 25.2. The Morgan fingerprint density at radius 2 is 0.759 bits per heavy atom. The molecule has 8 N–H and O–H groups in total. The summed E-state index contributed by atoms with van der Waals surface area (Å²) in [5, 5.41) is 26.2. The Bertz CT molecular complexity index is 2740. The zero-order valence-electron chi connectivity index (χ0n) is 27.0. The van der Waals surface area contributed by atoms with Crippen molar-refractivity contribution in [3.63, 3.8) is 0 Å². The Hall–Kier alpha value is -5.97. The molecule has 54 heavy (non-hydrogen) atoms. The van der Waals surface area contributed by atoms with E-state index in [1.807, 2.05) is 0 Å². The minimum atomic E-state index is -4.59. The maximum Gasteiger partial charge on any atom is 0.323 e. The Morgan fingerprint density at radius 1 is 0.426 bits per heavy atom. The van der Waals surface area contributed by atoms with E-state index in [0.29, 0.717) is 0 Å². The number of benzene rings is 6. The first-order valence-electron chi connectivity index (χ1n) is 15.0. The van der Waals surface area contributed by atoms with Gasteiger partial charge in [0.2, 0.25) is 0 Å². The number of phenols is 2. The lowest BCUT2D eigenvalue weighted by atomic mass is 10.1. The molecule has 0 saturated carbocycles. The Labute approximate surface area is 307 Å². The monoisotopic (exact) mass is 814 g/mol. The molecule has 0 saturated heterocycles. The van der Waals surface area contributed by atoms with Gasteiger partial charge in [-0.2, -0.15) is 16.8 Å². The van der Waals surface area contributed by atoms with Crippen LogP contribution in [0.4, 0.5) is 27.5 Å². The summed E-state index contributed by atoms with van der Waals surface area (Å²) in [4.78, 5) is 11.2. The van der Waals surface area contributed by atoms with Crippen molar-refractivity contribution in [2.45, 2.75) is 19.6 Å². The number of urea groups is 1. The zero-order valence-corrected chi connectivity index (χ0v) is 30.3. The second kappa shape index (κ2) is 13.8. The highest BCUT2D eigenvalue weighted by atomic mass is 32.2. The number of amides is 2. The molecule has 6 rings (SSSR count). The number of anilines is 4. The maximum atomic E-state index is 13.0. The number of phenolic OH excluding ortho intramolecular Hbond substituents is 2. The lowest BCUT2D eigenvalue weighted by molar-refractivity contribution is 0.262. The first-order valence-corrected chi connectivity index (χ1v) is 20.8. The number of nitrogens with one attached hydrogen (secondary N) is 4. The SMILES string of the molecule is O=C(Nc1ccc(S(=O)(=O)Nc2ccc3cc(S(=O)(=O)O)cc(O)c3c2)cc1)Nc1ccc(S(=O)(=O)Nc2ccc3cc(S(=O)(=O)O)cc(O)c3c2)cc1. The molecule has 0 heterocycles. The molecule has 6 aromatic rings. The summed E-state index contributed by atoms with van der Waals surface area (Å²) in [6.45, 7) is 0. The Balaban J connectivity index is 1.07. The number of fused-ring (bicyclic) bond motifs is 2. The molecule has 0 atom stereocenters. The normalized spacial score (nSPS) is 12.3. The smallest absolute Gasteiger partial charge is 0.323 e. The van der Waals surface area contributed by atoms with Gasteiger partial charge in [-0.1, -0.05) is 12.1 Å². The van der Waals surface area contributed by atoms with Crippen LogP contribution in [0, 0.1) is 0 Å². The quantitative estimate of drug-likeness (QED) is 0.0833. The van der Waals surface area contributed by atoms with Crippen LogP contribution in [0.1, 0.15) is 0 Å².